The summed E-state index contributed by atoms with van der Waals surface area (Å²) in [4.78, 5) is 63.7. The number of aliphatic carboxylic acids is 1. The lowest BCUT2D eigenvalue weighted by Gasteiger charge is -2.32. The molecule has 0 fully saturated rings. The molecule has 16 nitrogen and oxygen atoms in total. The molecular weight excluding hydrogens is 562 g/mol. The van der Waals surface area contributed by atoms with Gasteiger partial charge in [-0.3, -0.25) is 24.1 Å². The number of amides is 4. The highest BCUT2D eigenvalue weighted by molar-refractivity contribution is 6.02. The smallest absolute Gasteiger partial charge is 0.410 e. The van der Waals surface area contributed by atoms with E-state index in [1.54, 1.807) is 34.6 Å². The first-order chi connectivity index (χ1) is 20.0. The fourth-order valence-electron chi connectivity index (χ4n) is 4.02. The van der Waals surface area contributed by atoms with Gasteiger partial charge in [-0.15, -0.1) is 5.10 Å². The maximum Gasteiger partial charge on any atom is 0.410 e. The number of likely N-dealkylation sites (N-methyl/N-ethyl adjacent to an activating group) is 1. The van der Waals surface area contributed by atoms with Gasteiger partial charge in [0.2, 0.25) is 11.8 Å². The van der Waals surface area contributed by atoms with Gasteiger partial charge in [0.25, 0.3) is 5.91 Å². The van der Waals surface area contributed by atoms with E-state index in [1.165, 1.54) is 37.1 Å². The number of tetrazole rings is 1. The number of hydrogen-bond acceptors (Lipinski definition) is 10. The number of anilines is 1. The number of benzene rings is 1. The van der Waals surface area contributed by atoms with Crippen molar-refractivity contribution < 1.29 is 33.8 Å². The lowest BCUT2D eigenvalue weighted by atomic mass is 10.0. The van der Waals surface area contributed by atoms with Crippen molar-refractivity contribution in [3.05, 3.63) is 23.8 Å². The Kier molecular flexibility index (Phi) is 12.1. The summed E-state index contributed by atoms with van der Waals surface area (Å²) in [7, 11) is 1.46. The van der Waals surface area contributed by atoms with Crippen LogP contribution in [0, 0.1) is 5.92 Å². The van der Waals surface area contributed by atoms with Crippen molar-refractivity contribution in [2.45, 2.75) is 78.1 Å². The predicted octanol–water partition coefficient (Wildman–Crippen LogP) is 1.12. The van der Waals surface area contributed by atoms with Crippen LogP contribution in [0.4, 0.5) is 10.5 Å². The fraction of sp³-hybridized carbons (Fsp3) is 0.556. The van der Waals surface area contributed by atoms with Gasteiger partial charge in [-0.2, -0.15) is 0 Å². The van der Waals surface area contributed by atoms with Crippen molar-refractivity contribution in [2.75, 3.05) is 18.9 Å². The van der Waals surface area contributed by atoms with E-state index in [0.29, 0.717) is 12.1 Å². The van der Waals surface area contributed by atoms with Crippen LogP contribution in [-0.4, -0.2) is 97.7 Å². The second kappa shape index (κ2) is 15.0. The Labute approximate surface area is 249 Å². The van der Waals surface area contributed by atoms with Crippen LogP contribution in [0.5, 0.6) is 0 Å². The standard InChI is InChI=1S/C27H41N9O7/c1-14(2)20(36(7)26(42)43-27(4,5)6)24(39)30-15(3)22(37)31-16-10-11-17(18(13-16)21-32-34-35-33-21)23(38)29-12-8-9-19(28)25(40)41/h10-11,13-15,19-20H,8-9,12,28H2,1-7H3,(H,29,38)(H,30,39)(H,31,37)(H,40,41)(H,32,33,34,35)/t15-,19-,20-/m0/s1. The highest BCUT2D eigenvalue weighted by atomic mass is 16.6. The van der Waals surface area contributed by atoms with Crippen LogP contribution in [0.15, 0.2) is 18.2 Å². The molecule has 0 radical (unpaired) electrons. The first-order valence-corrected chi connectivity index (χ1v) is 13.7. The second-order valence-corrected chi connectivity index (χ2v) is 11.4. The van der Waals surface area contributed by atoms with Gasteiger partial charge < -0.3 is 31.5 Å². The van der Waals surface area contributed by atoms with E-state index >= 15 is 0 Å². The maximum atomic E-state index is 13.1. The number of nitrogens with zero attached hydrogens (tertiary/aromatic N) is 4. The number of carbonyl (C=O) groups excluding carboxylic acids is 4. The van der Waals surface area contributed by atoms with E-state index in [2.05, 4.69) is 36.6 Å². The Balaban J connectivity index is 2.13. The van der Waals surface area contributed by atoms with Crippen molar-refractivity contribution in [3.63, 3.8) is 0 Å². The fourth-order valence-corrected chi connectivity index (χ4v) is 4.02. The van der Waals surface area contributed by atoms with Crippen LogP contribution in [0.2, 0.25) is 0 Å². The van der Waals surface area contributed by atoms with Gasteiger partial charge in [0.15, 0.2) is 5.82 Å². The van der Waals surface area contributed by atoms with Gasteiger partial charge in [0.1, 0.15) is 23.7 Å². The Bertz CT molecular complexity index is 1290. The van der Waals surface area contributed by atoms with Crippen LogP contribution >= 0.6 is 0 Å². The minimum Gasteiger partial charge on any atom is -0.480 e. The number of ether oxygens (including phenoxy) is 1. The van der Waals surface area contributed by atoms with E-state index in [0.717, 1.165) is 0 Å². The Morgan fingerprint density at radius 2 is 1.79 bits per heavy atom. The van der Waals surface area contributed by atoms with Crippen molar-refractivity contribution in [2.24, 2.45) is 11.7 Å². The number of carboxylic acids is 1. The third-order valence-electron chi connectivity index (χ3n) is 6.18. The van der Waals surface area contributed by atoms with Crippen molar-refractivity contribution in [1.82, 2.24) is 36.2 Å². The molecule has 3 atom stereocenters. The summed E-state index contributed by atoms with van der Waals surface area (Å²) >= 11 is 0. The zero-order chi connectivity index (χ0) is 32.5. The van der Waals surface area contributed by atoms with E-state index in [4.69, 9.17) is 15.6 Å². The summed E-state index contributed by atoms with van der Waals surface area (Å²) in [5.41, 5.74) is 5.53. The zero-order valence-corrected chi connectivity index (χ0v) is 25.4. The van der Waals surface area contributed by atoms with Crippen LogP contribution in [0.3, 0.4) is 0 Å². The molecule has 1 heterocycles. The molecular formula is C27H41N9O7. The largest absolute Gasteiger partial charge is 0.480 e. The highest BCUT2D eigenvalue weighted by Crippen LogP contribution is 2.24. The summed E-state index contributed by atoms with van der Waals surface area (Å²) < 4.78 is 5.38. The first-order valence-electron chi connectivity index (χ1n) is 13.7. The Morgan fingerprint density at radius 3 is 2.35 bits per heavy atom. The number of aromatic nitrogens is 4. The molecule has 0 unspecified atom stereocenters. The lowest BCUT2D eigenvalue weighted by Crippen LogP contribution is -2.54. The second-order valence-electron chi connectivity index (χ2n) is 11.4. The molecule has 0 aliphatic rings. The molecule has 2 rings (SSSR count). The first kappa shape index (κ1) is 34.6. The number of carbonyl (C=O) groups is 5. The quantitative estimate of drug-likeness (QED) is 0.177. The van der Waals surface area contributed by atoms with Gasteiger partial charge in [-0.25, -0.2) is 9.89 Å². The van der Waals surface area contributed by atoms with Gasteiger partial charge in [0, 0.05) is 24.8 Å². The van der Waals surface area contributed by atoms with Gasteiger partial charge >= 0.3 is 12.1 Å². The summed E-state index contributed by atoms with van der Waals surface area (Å²) in [5.74, 6) is -2.78. The molecule has 0 saturated carbocycles. The number of hydrogen-bond donors (Lipinski definition) is 6. The number of carboxylic acid groups (broad SMARTS) is 1. The SMILES string of the molecule is CC(C)[C@@H](C(=O)N[C@@H](C)C(=O)Nc1ccc(C(=O)NCCC[C@H](N)C(=O)O)c(-c2nnn[nH]2)c1)N(C)C(=O)OC(C)(C)C. The molecule has 0 saturated heterocycles. The topological polar surface area (TPSA) is 235 Å². The highest BCUT2D eigenvalue weighted by Gasteiger charge is 2.34. The number of nitrogens with one attached hydrogen (secondary N) is 4. The van der Waals surface area contributed by atoms with Gasteiger partial charge in [-0.1, -0.05) is 13.8 Å². The van der Waals surface area contributed by atoms with Gasteiger partial charge in [-0.05, 0) is 75.1 Å². The Morgan fingerprint density at radius 1 is 1.12 bits per heavy atom. The molecule has 0 aliphatic heterocycles. The van der Waals surface area contributed by atoms with E-state index < -0.39 is 53.5 Å². The van der Waals surface area contributed by atoms with Crippen molar-refractivity contribution in [3.8, 4) is 11.4 Å². The number of nitrogens with two attached hydrogens (primary N) is 1. The molecule has 7 N–H and O–H groups in total. The third kappa shape index (κ3) is 10.3. The molecule has 0 aliphatic carbocycles. The van der Waals surface area contributed by atoms with E-state index in [9.17, 15) is 24.0 Å². The summed E-state index contributed by atoms with van der Waals surface area (Å²) in [6, 6.07) is 1.56. The minimum atomic E-state index is -1.12. The van der Waals surface area contributed by atoms with Crippen LogP contribution in [-0.2, 0) is 19.1 Å². The number of aromatic amines is 1. The summed E-state index contributed by atoms with van der Waals surface area (Å²) in [6.45, 7) is 10.4. The van der Waals surface area contributed by atoms with Gasteiger partial charge in [0.05, 0.1) is 5.56 Å². The minimum absolute atomic E-state index is 0.167. The maximum absolute atomic E-state index is 13.1. The molecule has 43 heavy (non-hydrogen) atoms. The lowest BCUT2D eigenvalue weighted by molar-refractivity contribution is -0.138. The number of H-pyrrole nitrogens is 1. The normalized spacial score (nSPS) is 13.4. The third-order valence-corrected chi connectivity index (χ3v) is 6.18. The van der Waals surface area contributed by atoms with Crippen molar-refractivity contribution in [1.29, 1.82) is 0 Å². The Hall–Kier alpha value is -4.60. The van der Waals surface area contributed by atoms with Crippen molar-refractivity contribution >= 4 is 35.5 Å². The van der Waals surface area contributed by atoms with Crippen LogP contribution < -0.4 is 21.7 Å². The molecule has 4 amide bonds. The summed E-state index contributed by atoms with van der Waals surface area (Å²) in [5, 5.41) is 30.5. The molecule has 0 spiro atoms. The number of rotatable bonds is 13. The van der Waals surface area contributed by atoms with E-state index in [-0.39, 0.29) is 35.8 Å². The van der Waals surface area contributed by atoms with Crippen LogP contribution in [0.25, 0.3) is 11.4 Å². The van der Waals surface area contributed by atoms with E-state index in [1.807, 2.05) is 0 Å². The zero-order valence-electron chi connectivity index (χ0n) is 25.4. The predicted molar refractivity (Wildman–Crippen MR) is 156 cm³/mol. The molecule has 2 aromatic rings. The molecule has 236 valence electrons. The summed E-state index contributed by atoms with van der Waals surface area (Å²) in [6.07, 6.45) is -0.133. The average Bonchev–Trinajstić information content (AvgIpc) is 3.44. The molecule has 1 aromatic heterocycles. The molecule has 16 heteroatoms. The molecule has 1 aromatic carbocycles. The molecule has 0 bridgehead atoms. The van der Waals surface area contributed by atoms with Crippen LogP contribution in [0.1, 0.15) is 64.7 Å². The average molecular weight is 604 g/mol. The monoisotopic (exact) mass is 603 g/mol.